The quantitative estimate of drug-likeness (QED) is 0.279. The average molecular weight is 338 g/mol. The van der Waals surface area contributed by atoms with Gasteiger partial charge in [0.05, 0.1) is 7.11 Å². The van der Waals surface area contributed by atoms with E-state index in [-0.39, 0.29) is 11.7 Å². The molecule has 0 unspecified atom stereocenters. The van der Waals surface area contributed by atoms with E-state index in [0.29, 0.717) is 38.0 Å². The first-order valence-corrected chi connectivity index (χ1v) is 8.53. The van der Waals surface area contributed by atoms with E-state index >= 15 is 0 Å². The fourth-order valence-electron chi connectivity index (χ4n) is 3.46. The van der Waals surface area contributed by atoms with Crippen LogP contribution in [-0.2, 0) is 23.8 Å². The summed E-state index contributed by atoms with van der Waals surface area (Å²) in [7, 11) is 1.32. The van der Waals surface area contributed by atoms with Crippen LogP contribution in [0.3, 0.4) is 0 Å². The normalized spacial score (nSPS) is 24.0. The maximum Gasteiger partial charge on any atom is 0.320 e. The predicted octanol–water partition coefficient (Wildman–Crippen LogP) is 3.44. The van der Waals surface area contributed by atoms with Gasteiger partial charge in [0, 0.05) is 19.1 Å². The van der Waals surface area contributed by atoms with E-state index < -0.39 is 17.7 Å². The molecule has 0 aromatic carbocycles. The molecule has 0 saturated carbocycles. The van der Waals surface area contributed by atoms with Gasteiger partial charge in [0.1, 0.15) is 5.41 Å². The summed E-state index contributed by atoms with van der Waals surface area (Å²) in [6.45, 7) is 12.4. The second-order valence-corrected chi connectivity index (χ2v) is 6.19. The summed E-state index contributed by atoms with van der Waals surface area (Å²) < 4.78 is 16.2. The fourth-order valence-corrected chi connectivity index (χ4v) is 3.46. The number of esters is 1. The smallest absolute Gasteiger partial charge is 0.320 e. The van der Waals surface area contributed by atoms with Crippen LogP contribution in [0.4, 0.5) is 0 Å². The lowest BCUT2D eigenvalue weighted by molar-refractivity contribution is -0.167. The average Bonchev–Trinajstić information content (AvgIpc) is 2.55. The Morgan fingerprint density at radius 2 is 1.96 bits per heavy atom. The molecule has 24 heavy (non-hydrogen) atoms. The molecule has 136 valence electrons. The lowest BCUT2D eigenvalue weighted by Crippen LogP contribution is -2.49. The molecule has 0 amide bonds. The SMILES string of the molecule is C=C(C)[C@H]1CC=C(C)C(=O)[C@@]1(CCC(OCC)OCC)C(=O)OC. The van der Waals surface area contributed by atoms with Gasteiger partial charge in [-0.25, -0.2) is 0 Å². The summed E-state index contributed by atoms with van der Waals surface area (Å²) >= 11 is 0. The number of rotatable bonds is 9. The van der Waals surface area contributed by atoms with Crippen molar-refractivity contribution in [2.75, 3.05) is 20.3 Å². The third-order valence-electron chi connectivity index (χ3n) is 4.64. The van der Waals surface area contributed by atoms with Crippen molar-refractivity contribution in [2.45, 2.75) is 53.2 Å². The minimum absolute atomic E-state index is 0.180. The molecule has 0 heterocycles. The Hall–Kier alpha value is -1.46. The highest BCUT2D eigenvalue weighted by Gasteiger charge is 2.54. The van der Waals surface area contributed by atoms with Crippen molar-refractivity contribution < 1.29 is 23.8 Å². The van der Waals surface area contributed by atoms with Gasteiger partial charge in [-0.05, 0) is 52.5 Å². The Labute approximate surface area is 145 Å². The second kappa shape index (κ2) is 9.14. The fraction of sp³-hybridized carbons (Fsp3) is 0.684. The minimum atomic E-state index is -1.24. The number of methoxy groups -OCH3 is 1. The largest absolute Gasteiger partial charge is 0.468 e. The number of hydrogen-bond donors (Lipinski definition) is 0. The zero-order valence-corrected chi connectivity index (χ0v) is 15.5. The minimum Gasteiger partial charge on any atom is -0.468 e. The van der Waals surface area contributed by atoms with Crippen molar-refractivity contribution in [2.24, 2.45) is 11.3 Å². The summed E-state index contributed by atoms with van der Waals surface area (Å²) in [6, 6.07) is 0. The van der Waals surface area contributed by atoms with Gasteiger partial charge in [-0.15, -0.1) is 0 Å². The van der Waals surface area contributed by atoms with E-state index in [2.05, 4.69) is 6.58 Å². The Bertz CT molecular complexity index is 502. The number of hydrogen-bond acceptors (Lipinski definition) is 5. The number of carbonyl (C=O) groups excluding carboxylic acids is 2. The van der Waals surface area contributed by atoms with Crippen LogP contribution in [0.5, 0.6) is 0 Å². The van der Waals surface area contributed by atoms with E-state index in [4.69, 9.17) is 14.2 Å². The molecule has 0 aliphatic heterocycles. The van der Waals surface area contributed by atoms with Crippen LogP contribution in [-0.4, -0.2) is 38.4 Å². The molecule has 5 heteroatoms. The molecule has 1 aliphatic rings. The molecule has 2 atom stereocenters. The van der Waals surface area contributed by atoms with Crippen molar-refractivity contribution >= 4 is 11.8 Å². The van der Waals surface area contributed by atoms with E-state index in [9.17, 15) is 9.59 Å². The second-order valence-electron chi connectivity index (χ2n) is 6.19. The van der Waals surface area contributed by atoms with Gasteiger partial charge in [-0.3, -0.25) is 9.59 Å². The summed E-state index contributed by atoms with van der Waals surface area (Å²) in [5, 5.41) is 0. The molecule has 0 N–H and O–H groups in total. The third kappa shape index (κ3) is 4.14. The highest BCUT2D eigenvalue weighted by molar-refractivity contribution is 6.13. The van der Waals surface area contributed by atoms with Crippen molar-refractivity contribution in [1.29, 1.82) is 0 Å². The molecule has 5 nitrogen and oxygen atoms in total. The summed E-state index contributed by atoms with van der Waals surface area (Å²) in [6.07, 6.45) is 2.80. The van der Waals surface area contributed by atoms with Crippen LogP contribution >= 0.6 is 0 Å². The van der Waals surface area contributed by atoms with E-state index in [1.165, 1.54) is 7.11 Å². The Morgan fingerprint density at radius 3 is 2.42 bits per heavy atom. The molecule has 0 saturated heterocycles. The lowest BCUT2D eigenvalue weighted by atomic mass is 9.61. The monoisotopic (exact) mass is 338 g/mol. The van der Waals surface area contributed by atoms with Crippen LogP contribution in [0.1, 0.15) is 47.0 Å². The molecule has 0 spiro atoms. The van der Waals surface area contributed by atoms with Crippen molar-refractivity contribution in [3.8, 4) is 0 Å². The van der Waals surface area contributed by atoms with Crippen molar-refractivity contribution in [3.05, 3.63) is 23.8 Å². The summed E-state index contributed by atoms with van der Waals surface area (Å²) in [4.78, 5) is 25.7. The van der Waals surface area contributed by atoms with E-state index in [1.54, 1.807) is 6.92 Å². The van der Waals surface area contributed by atoms with Crippen LogP contribution in [0.25, 0.3) is 0 Å². The van der Waals surface area contributed by atoms with Gasteiger partial charge in [0.2, 0.25) is 0 Å². The molecule has 0 radical (unpaired) electrons. The first-order chi connectivity index (χ1) is 11.3. The molecule has 1 rings (SSSR count). The Kier molecular flexibility index (Phi) is 7.84. The van der Waals surface area contributed by atoms with Crippen LogP contribution < -0.4 is 0 Å². The van der Waals surface area contributed by atoms with Crippen molar-refractivity contribution in [1.82, 2.24) is 0 Å². The highest BCUT2D eigenvalue weighted by atomic mass is 16.7. The molecule has 0 bridgehead atoms. The molecule has 0 aromatic rings. The first kappa shape index (κ1) is 20.6. The topological polar surface area (TPSA) is 61.8 Å². The number of Topliss-reactive ketones (excluding diaryl/α,β-unsaturated/α-hetero) is 1. The number of allylic oxidation sites excluding steroid dienone is 3. The first-order valence-electron chi connectivity index (χ1n) is 8.53. The zero-order chi connectivity index (χ0) is 18.3. The maximum atomic E-state index is 13.0. The summed E-state index contributed by atoms with van der Waals surface area (Å²) in [5.74, 6) is -0.954. The van der Waals surface area contributed by atoms with Gasteiger partial charge in [0.25, 0.3) is 0 Å². The number of ketones is 1. The molecular weight excluding hydrogens is 308 g/mol. The van der Waals surface area contributed by atoms with Crippen LogP contribution in [0.15, 0.2) is 23.8 Å². The van der Waals surface area contributed by atoms with E-state index in [1.807, 2.05) is 26.8 Å². The standard InChI is InChI=1S/C19H30O5/c1-7-23-16(24-8-2)11-12-19(18(21)22-6)15(13(3)4)10-9-14(5)17(19)20/h9,15-16H,3,7-8,10-12H2,1-2,4-6H3/t15-,19+/m1/s1. The van der Waals surface area contributed by atoms with E-state index in [0.717, 1.165) is 5.57 Å². The molecular formula is C19H30O5. The molecule has 0 aromatic heterocycles. The van der Waals surface area contributed by atoms with Crippen LogP contribution in [0, 0.1) is 11.3 Å². The van der Waals surface area contributed by atoms with Gasteiger partial charge >= 0.3 is 5.97 Å². The predicted molar refractivity (Wildman–Crippen MR) is 92.4 cm³/mol. The number of carbonyl (C=O) groups is 2. The summed E-state index contributed by atoms with van der Waals surface area (Å²) in [5.41, 5.74) is 0.162. The lowest BCUT2D eigenvalue weighted by Gasteiger charge is -2.40. The number of ether oxygens (including phenoxy) is 3. The van der Waals surface area contributed by atoms with Gasteiger partial charge in [0.15, 0.2) is 12.1 Å². The highest BCUT2D eigenvalue weighted by Crippen LogP contribution is 2.46. The Balaban J connectivity index is 3.20. The van der Waals surface area contributed by atoms with Gasteiger partial charge in [-0.2, -0.15) is 0 Å². The maximum absolute atomic E-state index is 13.0. The molecule has 1 aliphatic carbocycles. The zero-order valence-electron chi connectivity index (χ0n) is 15.5. The molecule has 0 fully saturated rings. The van der Waals surface area contributed by atoms with Gasteiger partial charge in [-0.1, -0.05) is 18.2 Å². The van der Waals surface area contributed by atoms with Crippen LogP contribution in [0.2, 0.25) is 0 Å². The third-order valence-corrected chi connectivity index (χ3v) is 4.64. The Morgan fingerprint density at radius 1 is 1.38 bits per heavy atom. The van der Waals surface area contributed by atoms with Gasteiger partial charge < -0.3 is 14.2 Å². The van der Waals surface area contributed by atoms with Crippen molar-refractivity contribution in [3.63, 3.8) is 0 Å².